The van der Waals surface area contributed by atoms with Crippen LogP contribution >= 0.6 is 0 Å². The monoisotopic (exact) mass is 355 g/mol. The first-order valence-corrected chi connectivity index (χ1v) is 10.1. The second-order valence-electron chi connectivity index (χ2n) is 7.95. The standard InChI is InChI=1S/C21H29N3O2/c25-20(23-12-15-7-8-16-13-22-14-17(16)11-15)18-5-1-2-6-19(18)21(26)24-9-3-4-10-24/h7-8,11,18-19,22H,1-6,9-10,12-14H2,(H,23,25). The molecule has 0 radical (unpaired) electrons. The number of carbonyl (C=O) groups excluding carboxylic acids is 2. The van der Waals surface area contributed by atoms with Crippen LogP contribution in [0.25, 0.3) is 0 Å². The van der Waals surface area contributed by atoms with E-state index in [1.807, 2.05) is 4.90 Å². The van der Waals surface area contributed by atoms with Gasteiger partial charge in [0.05, 0.1) is 0 Å². The molecule has 0 bridgehead atoms. The van der Waals surface area contributed by atoms with Gasteiger partial charge in [0.15, 0.2) is 0 Å². The molecule has 1 aliphatic carbocycles. The number of amides is 2. The van der Waals surface area contributed by atoms with E-state index in [1.165, 1.54) is 11.1 Å². The Morgan fingerprint density at radius 2 is 1.73 bits per heavy atom. The minimum atomic E-state index is -0.159. The summed E-state index contributed by atoms with van der Waals surface area (Å²) >= 11 is 0. The zero-order valence-electron chi connectivity index (χ0n) is 15.4. The highest BCUT2D eigenvalue weighted by molar-refractivity contribution is 5.88. The van der Waals surface area contributed by atoms with Gasteiger partial charge in [0, 0.05) is 44.6 Å². The van der Waals surface area contributed by atoms with E-state index in [0.717, 1.165) is 70.3 Å². The Kier molecular flexibility index (Phi) is 5.25. The smallest absolute Gasteiger partial charge is 0.226 e. The van der Waals surface area contributed by atoms with E-state index in [0.29, 0.717) is 6.54 Å². The van der Waals surface area contributed by atoms with Crippen molar-refractivity contribution in [2.24, 2.45) is 11.8 Å². The fourth-order valence-electron chi connectivity index (χ4n) is 4.69. The van der Waals surface area contributed by atoms with Crippen molar-refractivity contribution in [3.63, 3.8) is 0 Å². The van der Waals surface area contributed by atoms with Gasteiger partial charge < -0.3 is 15.5 Å². The number of hydrogen-bond acceptors (Lipinski definition) is 3. The molecule has 0 spiro atoms. The van der Waals surface area contributed by atoms with Crippen molar-refractivity contribution in [1.82, 2.24) is 15.5 Å². The zero-order chi connectivity index (χ0) is 17.9. The van der Waals surface area contributed by atoms with Gasteiger partial charge in [0.2, 0.25) is 11.8 Å². The van der Waals surface area contributed by atoms with Crippen LogP contribution in [0.15, 0.2) is 18.2 Å². The van der Waals surface area contributed by atoms with Gasteiger partial charge >= 0.3 is 0 Å². The van der Waals surface area contributed by atoms with E-state index in [-0.39, 0.29) is 23.7 Å². The van der Waals surface area contributed by atoms with Crippen molar-refractivity contribution in [2.75, 3.05) is 13.1 Å². The van der Waals surface area contributed by atoms with Crippen LogP contribution in [0.3, 0.4) is 0 Å². The molecule has 2 unspecified atom stereocenters. The van der Waals surface area contributed by atoms with Crippen molar-refractivity contribution in [1.29, 1.82) is 0 Å². The summed E-state index contributed by atoms with van der Waals surface area (Å²) in [5.41, 5.74) is 3.82. The van der Waals surface area contributed by atoms with Crippen LogP contribution in [0.2, 0.25) is 0 Å². The van der Waals surface area contributed by atoms with Gasteiger partial charge in [0.25, 0.3) is 0 Å². The van der Waals surface area contributed by atoms with Crippen molar-refractivity contribution in [3.8, 4) is 0 Å². The van der Waals surface area contributed by atoms with E-state index < -0.39 is 0 Å². The van der Waals surface area contributed by atoms with Gasteiger partial charge in [-0.3, -0.25) is 9.59 Å². The van der Waals surface area contributed by atoms with E-state index in [4.69, 9.17) is 0 Å². The van der Waals surface area contributed by atoms with Crippen LogP contribution in [0, 0.1) is 11.8 Å². The lowest BCUT2D eigenvalue weighted by Gasteiger charge is -2.32. The molecule has 140 valence electrons. The Labute approximate surface area is 155 Å². The van der Waals surface area contributed by atoms with Crippen LogP contribution in [0.5, 0.6) is 0 Å². The molecule has 1 aromatic carbocycles. The van der Waals surface area contributed by atoms with Gasteiger partial charge in [-0.2, -0.15) is 0 Å². The summed E-state index contributed by atoms with van der Waals surface area (Å²) in [5, 5.41) is 6.45. The summed E-state index contributed by atoms with van der Waals surface area (Å²) in [4.78, 5) is 27.7. The number of hydrogen-bond donors (Lipinski definition) is 2. The molecule has 0 aromatic heterocycles. The van der Waals surface area contributed by atoms with E-state index in [2.05, 4.69) is 28.8 Å². The topological polar surface area (TPSA) is 61.4 Å². The van der Waals surface area contributed by atoms with Crippen LogP contribution in [0.1, 0.15) is 55.2 Å². The largest absolute Gasteiger partial charge is 0.352 e. The van der Waals surface area contributed by atoms with Crippen LogP contribution in [-0.4, -0.2) is 29.8 Å². The molecule has 3 aliphatic rings. The molecule has 2 heterocycles. The highest BCUT2D eigenvalue weighted by atomic mass is 16.2. The Hall–Kier alpha value is -1.88. The van der Waals surface area contributed by atoms with Crippen molar-refractivity contribution in [2.45, 2.75) is 58.2 Å². The quantitative estimate of drug-likeness (QED) is 0.871. The first-order valence-electron chi connectivity index (χ1n) is 10.1. The summed E-state index contributed by atoms with van der Waals surface area (Å²) in [6.45, 7) is 4.13. The molecular weight excluding hydrogens is 326 g/mol. The normalized spacial score (nSPS) is 25.2. The molecule has 2 amide bonds. The van der Waals surface area contributed by atoms with Crippen LogP contribution < -0.4 is 10.6 Å². The minimum absolute atomic E-state index is 0.0564. The first-order chi connectivity index (χ1) is 12.7. The van der Waals surface area contributed by atoms with Crippen molar-refractivity contribution >= 4 is 11.8 Å². The third-order valence-corrected chi connectivity index (χ3v) is 6.21. The summed E-state index contributed by atoms with van der Waals surface area (Å²) in [6, 6.07) is 6.43. The molecule has 2 fully saturated rings. The molecule has 2 aliphatic heterocycles. The number of nitrogens with one attached hydrogen (secondary N) is 2. The third-order valence-electron chi connectivity index (χ3n) is 6.21. The number of likely N-dealkylation sites (tertiary alicyclic amines) is 1. The van der Waals surface area contributed by atoms with E-state index in [9.17, 15) is 9.59 Å². The second-order valence-corrected chi connectivity index (χ2v) is 7.95. The predicted octanol–water partition coefficient (Wildman–Crippen LogP) is 2.33. The molecular formula is C21H29N3O2. The Morgan fingerprint density at radius 3 is 2.54 bits per heavy atom. The molecule has 4 rings (SSSR count). The molecule has 26 heavy (non-hydrogen) atoms. The van der Waals surface area contributed by atoms with Gasteiger partial charge in [-0.05, 0) is 42.4 Å². The van der Waals surface area contributed by atoms with Gasteiger partial charge in [-0.1, -0.05) is 31.0 Å². The second kappa shape index (κ2) is 7.78. The maximum atomic E-state index is 12.9. The highest BCUT2D eigenvalue weighted by Gasteiger charge is 2.38. The highest BCUT2D eigenvalue weighted by Crippen LogP contribution is 2.32. The molecule has 1 saturated carbocycles. The molecule has 5 heteroatoms. The number of nitrogens with zero attached hydrogens (tertiary/aromatic N) is 1. The number of fused-ring (bicyclic) bond motifs is 1. The van der Waals surface area contributed by atoms with Gasteiger partial charge in [-0.25, -0.2) is 0 Å². The van der Waals surface area contributed by atoms with Crippen LogP contribution in [-0.2, 0) is 29.2 Å². The maximum Gasteiger partial charge on any atom is 0.226 e. The average Bonchev–Trinajstić information content (AvgIpc) is 3.36. The maximum absolute atomic E-state index is 12.9. The van der Waals surface area contributed by atoms with Crippen molar-refractivity contribution in [3.05, 3.63) is 34.9 Å². The fourth-order valence-corrected chi connectivity index (χ4v) is 4.69. The lowest BCUT2D eigenvalue weighted by Crippen LogP contribution is -2.44. The summed E-state index contributed by atoms with van der Waals surface area (Å²) in [7, 11) is 0. The minimum Gasteiger partial charge on any atom is -0.352 e. The Morgan fingerprint density at radius 1 is 1.00 bits per heavy atom. The van der Waals surface area contributed by atoms with Crippen molar-refractivity contribution < 1.29 is 9.59 Å². The molecule has 1 aromatic rings. The van der Waals surface area contributed by atoms with Gasteiger partial charge in [-0.15, -0.1) is 0 Å². The predicted molar refractivity (Wildman–Crippen MR) is 100 cm³/mol. The molecule has 2 N–H and O–H groups in total. The third kappa shape index (κ3) is 3.63. The number of benzene rings is 1. The number of carbonyl (C=O) groups is 2. The molecule has 5 nitrogen and oxygen atoms in total. The van der Waals surface area contributed by atoms with E-state index in [1.54, 1.807) is 0 Å². The van der Waals surface area contributed by atoms with E-state index >= 15 is 0 Å². The Balaban J connectivity index is 1.38. The fraction of sp³-hybridized carbons (Fsp3) is 0.619. The Bertz CT molecular complexity index is 682. The summed E-state index contributed by atoms with van der Waals surface area (Å²) < 4.78 is 0. The lowest BCUT2D eigenvalue weighted by molar-refractivity contribution is -0.142. The number of rotatable bonds is 4. The van der Waals surface area contributed by atoms with Crippen LogP contribution in [0.4, 0.5) is 0 Å². The summed E-state index contributed by atoms with van der Waals surface area (Å²) in [6.07, 6.45) is 6.01. The lowest BCUT2D eigenvalue weighted by atomic mass is 9.78. The zero-order valence-corrected chi connectivity index (χ0v) is 15.4. The first kappa shape index (κ1) is 17.5. The molecule has 1 saturated heterocycles. The van der Waals surface area contributed by atoms with Gasteiger partial charge in [0.1, 0.15) is 0 Å². The SMILES string of the molecule is O=C(NCc1ccc2c(c1)CNC2)C1CCCCC1C(=O)N1CCCC1. The summed E-state index contributed by atoms with van der Waals surface area (Å²) in [5.74, 6) is -0.00848. The average molecular weight is 355 g/mol. The molecule has 2 atom stereocenters.